The van der Waals surface area contributed by atoms with E-state index < -0.39 is 35.0 Å². The van der Waals surface area contributed by atoms with Crippen LogP contribution in [0.4, 0.5) is 26.3 Å². The van der Waals surface area contributed by atoms with Crippen LogP contribution in [0.25, 0.3) is 0 Å². The molecule has 2 aromatic rings. The third kappa shape index (κ3) is 5.51. The Morgan fingerprint density at radius 3 is 2.04 bits per heavy atom. The molecule has 1 heterocycles. The molecule has 1 aromatic carbocycles. The summed E-state index contributed by atoms with van der Waals surface area (Å²) in [6.07, 6.45) is -10.1. The summed E-state index contributed by atoms with van der Waals surface area (Å²) < 4.78 is 88.4. The van der Waals surface area contributed by atoms with E-state index in [1.807, 2.05) is 0 Å². The number of carbonyl (C=O) groups excluding carboxylic acids is 1. The molecule has 4 nitrogen and oxygen atoms in total. The number of ether oxygens (including phenoxy) is 1. The number of amides is 1. The smallest absolute Gasteiger partial charge is 0.416 e. The number of carbonyl (C=O) groups is 1. The molecule has 0 aliphatic heterocycles. The zero-order chi connectivity index (χ0) is 21.1. The van der Waals surface area contributed by atoms with Gasteiger partial charge in [-0.1, -0.05) is 0 Å². The van der Waals surface area contributed by atoms with E-state index in [0.717, 1.165) is 4.90 Å². The number of rotatable bonds is 6. The number of nitrogens with zero attached hydrogens (tertiary/aromatic N) is 1. The quantitative estimate of drug-likeness (QED) is 0.637. The number of halogens is 6. The van der Waals surface area contributed by atoms with E-state index >= 15 is 0 Å². The van der Waals surface area contributed by atoms with E-state index in [2.05, 4.69) is 0 Å². The minimum Gasteiger partial charge on any atom is -0.464 e. The lowest BCUT2D eigenvalue weighted by Gasteiger charge is -2.22. The van der Waals surface area contributed by atoms with Crippen LogP contribution in [0.3, 0.4) is 0 Å². The molecule has 0 aliphatic rings. The Labute approximate surface area is 156 Å². The molecule has 0 spiro atoms. The first-order chi connectivity index (χ1) is 12.9. The largest absolute Gasteiger partial charge is 0.464 e. The van der Waals surface area contributed by atoms with Gasteiger partial charge in [-0.25, -0.2) is 0 Å². The van der Waals surface area contributed by atoms with Gasteiger partial charge >= 0.3 is 12.4 Å². The number of alkyl halides is 6. The second-order valence-electron chi connectivity index (χ2n) is 6.03. The highest BCUT2D eigenvalue weighted by molar-refractivity contribution is 5.94. The summed E-state index contributed by atoms with van der Waals surface area (Å²) in [4.78, 5) is 13.8. The van der Waals surface area contributed by atoms with Gasteiger partial charge in [-0.2, -0.15) is 26.3 Å². The lowest BCUT2D eigenvalue weighted by atomic mass is 10.0. The van der Waals surface area contributed by atoms with Gasteiger partial charge in [-0.15, -0.1) is 0 Å². The fourth-order valence-corrected chi connectivity index (χ4v) is 2.47. The lowest BCUT2D eigenvalue weighted by Crippen LogP contribution is -2.33. The maximum absolute atomic E-state index is 13.0. The van der Waals surface area contributed by atoms with Crippen LogP contribution in [-0.2, 0) is 23.6 Å². The summed E-state index contributed by atoms with van der Waals surface area (Å²) in [6.45, 7) is 1.52. The maximum atomic E-state index is 13.0. The van der Waals surface area contributed by atoms with Crippen molar-refractivity contribution >= 4 is 5.91 Å². The number of aryl methyl sites for hydroxylation is 1. The Morgan fingerprint density at radius 2 is 1.61 bits per heavy atom. The second-order valence-corrected chi connectivity index (χ2v) is 6.03. The van der Waals surface area contributed by atoms with Crippen molar-refractivity contribution in [2.45, 2.75) is 25.8 Å². The maximum Gasteiger partial charge on any atom is 0.416 e. The lowest BCUT2D eigenvalue weighted by molar-refractivity contribution is -0.143. The second kappa shape index (κ2) is 8.26. The van der Waals surface area contributed by atoms with Gasteiger partial charge in [-0.05, 0) is 37.3 Å². The van der Waals surface area contributed by atoms with Crippen molar-refractivity contribution in [3.05, 3.63) is 58.5 Å². The molecule has 0 N–H and O–H groups in total. The Balaban J connectivity index is 2.44. The molecular formula is C18H17F6NO3. The first kappa shape index (κ1) is 21.8. The Morgan fingerprint density at radius 1 is 1.04 bits per heavy atom. The Kier molecular flexibility index (Phi) is 6.43. The molecule has 0 saturated heterocycles. The van der Waals surface area contributed by atoms with E-state index in [1.54, 1.807) is 19.1 Å². The van der Waals surface area contributed by atoms with Gasteiger partial charge in [-0.3, -0.25) is 4.79 Å². The van der Waals surface area contributed by atoms with Crippen molar-refractivity contribution in [2.24, 2.45) is 0 Å². The van der Waals surface area contributed by atoms with Crippen molar-refractivity contribution in [1.29, 1.82) is 0 Å². The molecule has 1 amide bonds. The van der Waals surface area contributed by atoms with Gasteiger partial charge in [0.1, 0.15) is 11.5 Å². The highest BCUT2D eigenvalue weighted by Gasteiger charge is 2.38. The van der Waals surface area contributed by atoms with Crippen LogP contribution >= 0.6 is 0 Å². The number of benzene rings is 1. The average molecular weight is 409 g/mol. The Bertz CT molecular complexity index is 793. The highest BCUT2D eigenvalue weighted by atomic mass is 19.4. The van der Waals surface area contributed by atoms with Crippen LogP contribution in [-0.4, -0.2) is 31.1 Å². The van der Waals surface area contributed by atoms with E-state index in [4.69, 9.17) is 9.15 Å². The molecule has 28 heavy (non-hydrogen) atoms. The molecule has 0 bridgehead atoms. The molecule has 0 radical (unpaired) electrons. The molecule has 2 rings (SSSR count). The normalized spacial score (nSPS) is 12.3. The zero-order valence-corrected chi connectivity index (χ0v) is 14.9. The van der Waals surface area contributed by atoms with Crippen molar-refractivity contribution in [3.8, 4) is 0 Å². The number of methoxy groups -OCH3 is 1. The summed E-state index contributed by atoms with van der Waals surface area (Å²) in [5, 5.41) is 0. The zero-order valence-electron chi connectivity index (χ0n) is 14.9. The van der Waals surface area contributed by atoms with Crippen molar-refractivity contribution < 1.29 is 40.3 Å². The summed E-state index contributed by atoms with van der Waals surface area (Å²) in [6, 6.07) is 3.98. The van der Waals surface area contributed by atoms with Crippen molar-refractivity contribution in [3.63, 3.8) is 0 Å². The fourth-order valence-electron chi connectivity index (χ4n) is 2.47. The van der Waals surface area contributed by atoms with Crippen molar-refractivity contribution in [2.75, 3.05) is 20.3 Å². The molecule has 0 atom stereocenters. The van der Waals surface area contributed by atoms with Crippen LogP contribution in [0, 0.1) is 6.92 Å². The minimum atomic E-state index is -5.04. The van der Waals surface area contributed by atoms with Crippen LogP contribution in [0.2, 0.25) is 0 Å². The van der Waals surface area contributed by atoms with Gasteiger partial charge in [0.2, 0.25) is 0 Å². The predicted molar refractivity (Wildman–Crippen MR) is 86.5 cm³/mol. The summed E-state index contributed by atoms with van der Waals surface area (Å²) in [5.41, 5.74) is -3.82. The highest BCUT2D eigenvalue weighted by Crippen LogP contribution is 2.36. The minimum absolute atomic E-state index is 0.0217. The predicted octanol–water partition coefficient (Wildman–Crippen LogP) is 4.91. The van der Waals surface area contributed by atoms with Crippen LogP contribution < -0.4 is 0 Å². The van der Waals surface area contributed by atoms with Gasteiger partial charge < -0.3 is 14.1 Å². The number of hydrogen-bond donors (Lipinski definition) is 0. The monoisotopic (exact) mass is 409 g/mol. The van der Waals surface area contributed by atoms with Gasteiger partial charge in [0.25, 0.3) is 5.91 Å². The first-order valence-corrected chi connectivity index (χ1v) is 8.05. The van der Waals surface area contributed by atoms with Crippen LogP contribution in [0.15, 0.2) is 34.7 Å². The molecule has 0 aliphatic carbocycles. The van der Waals surface area contributed by atoms with E-state index in [1.165, 1.54) is 7.11 Å². The topological polar surface area (TPSA) is 42.7 Å². The molecule has 0 saturated carbocycles. The van der Waals surface area contributed by atoms with Crippen LogP contribution in [0.1, 0.15) is 33.0 Å². The number of hydrogen-bond acceptors (Lipinski definition) is 3. The molecular weight excluding hydrogens is 392 g/mol. The molecule has 154 valence electrons. The van der Waals surface area contributed by atoms with Gasteiger partial charge in [0.15, 0.2) is 0 Å². The van der Waals surface area contributed by atoms with Crippen molar-refractivity contribution in [1.82, 2.24) is 4.90 Å². The third-order valence-electron chi connectivity index (χ3n) is 3.83. The van der Waals surface area contributed by atoms with Gasteiger partial charge in [0.05, 0.1) is 24.3 Å². The Hall–Kier alpha value is -2.49. The van der Waals surface area contributed by atoms with E-state index in [0.29, 0.717) is 23.7 Å². The molecule has 10 heteroatoms. The summed E-state index contributed by atoms with van der Waals surface area (Å²) >= 11 is 0. The molecule has 1 aromatic heterocycles. The standard InChI is InChI=1S/C18H17F6NO3/c1-11-3-4-15(28-11)10-25(5-6-27-2)16(26)12-7-13(17(19,20)21)9-14(8-12)18(22,23)24/h3-4,7-9H,5-6,10H2,1-2H3. The fraction of sp³-hybridized carbons (Fsp3) is 0.389. The molecule has 0 unspecified atom stereocenters. The average Bonchev–Trinajstić information content (AvgIpc) is 3.01. The van der Waals surface area contributed by atoms with E-state index in [9.17, 15) is 31.1 Å². The third-order valence-corrected chi connectivity index (χ3v) is 3.83. The summed E-state index contributed by atoms with van der Waals surface area (Å²) in [5.74, 6) is -0.111. The molecule has 0 fully saturated rings. The van der Waals surface area contributed by atoms with Crippen LogP contribution in [0.5, 0.6) is 0 Å². The van der Waals surface area contributed by atoms with Gasteiger partial charge in [0, 0.05) is 19.2 Å². The summed E-state index contributed by atoms with van der Waals surface area (Å²) in [7, 11) is 1.35. The number of furan rings is 1. The first-order valence-electron chi connectivity index (χ1n) is 8.05. The SMILES string of the molecule is COCCN(Cc1ccc(C)o1)C(=O)c1cc(C(F)(F)F)cc(C(F)(F)F)c1. The van der Waals surface area contributed by atoms with E-state index in [-0.39, 0.29) is 25.8 Å².